The molecule has 0 unspecified atom stereocenters. The fraction of sp³-hybridized carbons (Fsp3) is 0.308. The molecule has 9 heteroatoms. The van der Waals surface area contributed by atoms with E-state index in [1.807, 2.05) is 36.4 Å². The Morgan fingerprint density at radius 2 is 1.38 bits per heavy atom. The van der Waals surface area contributed by atoms with Crippen LogP contribution in [-0.2, 0) is 28.6 Å². The molecule has 0 radical (unpaired) electrons. The minimum Gasteiger partial charge on any atom is -0.490 e. The summed E-state index contributed by atoms with van der Waals surface area (Å²) in [7, 11) is 1.49. The highest BCUT2D eigenvalue weighted by Crippen LogP contribution is 2.41. The first-order valence-corrected chi connectivity index (χ1v) is 15.8. The smallest absolute Gasteiger partial charge is 0.341 e. The molecule has 0 bridgehead atoms. The SMILES string of the molecule is C=C(C)C(=O)OCCOc1ccc(-c2ccc(-c3ccc(OC(=O)C(=C)COC)cc3)cc2C2CCC(OC(=O)C(=C)CO)CC2)cc1. The van der Waals surface area contributed by atoms with Crippen LogP contribution in [0.15, 0.2) is 103 Å². The largest absolute Gasteiger partial charge is 0.490 e. The van der Waals surface area contributed by atoms with Crippen LogP contribution in [0.2, 0.25) is 0 Å². The van der Waals surface area contributed by atoms with Gasteiger partial charge >= 0.3 is 17.9 Å². The van der Waals surface area contributed by atoms with Crippen molar-refractivity contribution in [2.45, 2.75) is 44.6 Å². The lowest BCUT2D eigenvalue weighted by Crippen LogP contribution is -2.25. The van der Waals surface area contributed by atoms with Gasteiger partial charge in [0.05, 0.1) is 24.4 Å². The van der Waals surface area contributed by atoms with E-state index in [4.69, 9.17) is 23.7 Å². The number of esters is 3. The van der Waals surface area contributed by atoms with Crippen LogP contribution >= 0.6 is 0 Å². The second-order valence-corrected chi connectivity index (χ2v) is 11.7. The number of rotatable bonds is 15. The summed E-state index contributed by atoms with van der Waals surface area (Å²) in [6.45, 7) is 12.4. The Labute approximate surface area is 281 Å². The number of hydrogen-bond donors (Lipinski definition) is 1. The molecule has 3 aromatic rings. The van der Waals surface area contributed by atoms with Gasteiger partial charge in [0.2, 0.25) is 0 Å². The van der Waals surface area contributed by atoms with E-state index in [-0.39, 0.29) is 43.0 Å². The minimum absolute atomic E-state index is 0.0492. The number of aliphatic hydroxyl groups excluding tert-OH is 1. The van der Waals surface area contributed by atoms with E-state index < -0.39 is 24.5 Å². The number of carbonyl (C=O) groups excluding carboxylic acids is 3. The van der Waals surface area contributed by atoms with Gasteiger partial charge in [0, 0.05) is 12.7 Å². The van der Waals surface area contributed by atoms with Gasteiger partial charge in [0.15, 0.2) is 0 Å². The maximum absolute atomic E-state index is 12.2. The highest BCUT2D eigenvalue weighted by atomic mass is 16.6. The van der Waals surface area contributed by atoms with Gasteiger partial charge in [-0.2, -0.15) is 0 Å². The summed E-state index contributed by atoms with van der Waals surface area (Å²) in [6, 6.07) is 21.5. The van der Waals surface area contributed by atoms with Gasteiger partial charge in [-0.1, -0.05) is 62.2 Å². The van der Waals surface area contributed by atoms with Crippen molar-refractivity contribution < 1.29 is 43.2 Å². The van der Waals surface area contributed by atoms with Crippen molar-refractivity contribution in [2.75, 3.05) is 33.5 Å². The molecule has 48 heavy (non-hydrogen) atoms. The van der Waals surface area contributed by atoms with Crippen molar-refractivity contribution in [1.29, 1.82) is 0 Å². The highest BCUT2D eigenvalue weighted by molar-refractivity contribution is 5.90. The zero-order valence-corrected chi connectivity index (χ0v) is 27.5. The average molecular weight is 655 g/mol. The summed E-state index contributed by atoms with van der Waals surface area (Å²) >= 11 is 0. The van der Waals surface area contributed by atoms with Crippen LogP contribution in [0, 0.1) is 0 Å². The number of ether oxygens (including phenoxy) is 5. The van der Waals surface area contributed by atoms with Crippen LogP contribution in [0.25, 0.3) is 22.3 Å². The fourth-order valence-corrected chi connectivity index (χ4v) is 5.41. The van der Waals surface area contributed by atoms with Crippen molar-refractivity contribution in [3.63, 3.8) is 0 Å². The second kappa shape index (κ2) is 17.2. The Balaban J connectivity index is 1.54. The molecule has 0 heterocycles. The summed E-state index contributed by atoms with van der Waals surface area (Å²) in [6.07, 6.45) is 2.77. The van der Waals surface area contributed by atoms with E-state index in [9.17, 15) is 19.5 Å². The minimum atomic E-state index is -0.558. The van der Waals surface area contributed by atoms with Crippen LogP contribution in [-0.4, -0.2) is 62.7 Å². The molecule has 252 valence electrons. The lowest BCUT2D eigenvalue weighted by Gasteiger charge is -2.30. The molecule has 1 aliphatic carbocycles. The Morgan fingerprint density at radius 1 is 0.750 bits per heavy atom. The molecule has 1 fully saturated rings. The Kier molecular flexibility index (Phi) is 12.9. The topological polar surface area (TPSA) is 118 Å². The molecular formula is C39H42O9. The molecule has 1 N–H and O–H groups in total. The van der Waals surface area contributed by atoms with Crippen LogP contribution in [0.4, 0.5) is 0 Å². The summed E-state index contributed by atoms with van der Waals surface area (Å²) in [5.41, 5.74) is 5.85. The van der Waals surface area contributed by atoms with Crippen LogP contribution in [0.5, 0.6) is 11.5 Å². The number of hydrogen-bond acceptors (Lipinski definition) is 9. The molecule has 9 nitrogen and oxygen atoms in total. The van der Waals surface area contributed by atoms with Gasteiger partial charge in [-0.15, -0.1) is 0 Å². The highest BCUT2D eigenvalue weighted by Gasteiger charge is 2.27. The zero-order chi connectivity index (χ0) is 34.6. The molecule has 1 aliphatic rings. The average Bonchev–Trinajstić information content (AvgIpc) is 3.10. The fourth-order valence-electron chi connectivity index (χ4n) is 5.41. The van der Waals surface area contributed by atoms with Crippen molar-refractivity contribution >= 4 is 17.9 Å². The van der Waals surface area contributed by atoms with Crippen molar-refractivity contribution in [3.05, 3.63) is 109 Å². The summed E-state index contributed by atoms with van der Waals surface area (Å²) in [5.74, 6) is -0.274. The number of aliphatic hydroxyl groups is 1. The molecular weight excluding hydrogens is 612 g/mol. The first-order valence-electron chi connectivity index (χ1n) is 15.8. The third kappa shape index (κ3) is 9.76. The molecule has 0 aromatic heterocycles. The van der Waals surface area contributed by atoms with Crippen molar-refractivity contribution in [3.8, 4) is 33.8 Å². The molecule has 0 atom stereocenters. The first kappa shape index (κ1) is 35.9. The van der Waals surface area contributed by atoms with Gasteiger partial charge in [-0.05, 0) is 90.6 Å². The van der Waals surface area contributed by atoms with Gasteiger partial charge in [-0.25, -0.2) is 14.4 Å². The Morgan fingerprint density at radius 3 is 2.00 bits per heavy atom. The van der Waals surface area contributed by atoms with Crippen molar-refractivity contribution in [1.82, 2.24) is 0 Å². The Bertz CT molecular complexity index is 1630. The summed E-state index contributed by atoms with van der Waals surface area (Å²) in [5, 5.41) is 9.23. The predicted octanol–water partition coefficient (Wildman–Crippen LogP) is 6.74. The lowest BCUT2D eigenvalue weighted by molar-refractivity contribution is -0.146. The molecule has 0 amide bonds. The molecule has 0 spiro atoms. The number of benzene rings is 3. The molecule has 0 aliphatic heterocycles. The first-order chi connectivity index (χ1) is 23.1. The monoisotopic (exact) mass is 654 g/mol. The second-order valence-electron chi connectivity index (χ2n) is 11.7. The third-order valence-corrected chi connectivity index (χ3v) is 8.02. The van der Waals surface area contributed by atoms with E-state index >= 15 is 0 Å². The predicted molar refractivity (Wildman–Crippen MR) is 183 cm³/mol. The maximum atomic E-state index is 12.2. The van der Waals surface area contributed by atoms with Crippen LogP contribution < -0.4 is 9.47 Å². The maximum Gasteiger partial charge on any atom is 0.341 e. The molecule has 4 rings (SSSR count). The lowest BCUT2D eigenvalue weighted by atomic mass is 9.79. The number of methoxy groups -OCH3 is 1. The van der Waals surface area contributed by atoms with Crippen LogP contribution in [0.3, 0.4) is 0 Å². The summed E-state index contributed by atoms with van der Waals surface area (Å²) in [4.78, 5) is 36.0. The zero-order valence-electron chi connectivity index (χ0n) is 27.5. The van der Waals surface area contributed by atoms with Gasteiger partial charge in [0.25, 0.3) is 0 Å². The molecule has 1 saturated carbocycles. The van der Waals surface area contributed by atoms with Crippen LogP contribution in [0.1, 0.15) is 44.1 Å². The van der Waals surface area contributed by atoms with Crippen molar-refractivity contribution in [2.24, 2.45) is 0 Å². The van der Waals surface area contributed by atoms with E-state index in [0.29, 0.717) is 29.9 Å². The van der Waals surface area contributed by atoms with E-state index in [1.165, 1.54) is 12.7 Å². The standard InChI is InChI=1S/C39H42O9/c1-25(2)37(41)46-21-20-45-32-13-8-29(9-14-32)35-19-12-31(28-6-15-33(16-7-28)48-39(43)27(4)24-44-5)22-36(35)30-10-17-34(18-11-30)47-38(42)26(3)23-40/h6-9,12-16,19,22,30,34,40H,1,3-4,10-11,17-18,20-21,23-24H2,2,5H3. The summed E-state index contributed by atoms with van der Waals surface area (Å²) < 4.78 is 26.8. The van der Waals surface area contributed by atoms with E-state index in [1.54, 1.807) is 19.1 Å². The third-order valence-electron chi connectivity index (χ3n) is 8.02. The van der Waals surface area contributed by atoms with E-state index in [0.717, 1.165) is 35.1 Å². The Hall–Kier alpha value is -4.99. The number of carbonyl (C=O) groups is 3. The van der Waals surface area contributed by atoms with Gasteiger partial charge in [-0.3, -0.25) is 0 Å². The van der Waals surface area contributed by atoms with E-state index in [2.05, 4.69) is 37.9 Å². The quantitative estimate of drug-likeness (QED) is 0.0822. The molecule has 0 saturated heterocycles. The molecule has 3 aromatic carbocycles. The normalized spacial score (nSPS) is 15.6. The van der Waals surface area contributed by atoms with Gasteiger partial charge in [0.1, 0.15) is 30.8 Å². The van der Waals surface area contributed by atoms with Gasteiger partial charge < -0.3 is 28.8 Å².